The van der Waals surface area contributed by atoms with Crippen LogP contribution >= 0.6 is 0 Å². The topological polar surface area (TPSA) is 77.4 Å². The number of carbonyl (C=O) groups is 1. The Morgan fingerprint density at radius 3 is 2.74 bits per heavy atom. The van der Waals surface area contributed by atoms with E-state index in [1.807, 2.05) is 37.3 Å². The summed E-state index contributed by atoms with van der Waals surface area (Å²) in [5.74, 6) is -0.799. The Hall–Kier alpha value is -0.794. The Morgan fingerprint density at radius 2 is 2.05 bits per heavy atom. The van der Waals surface area contributed by atoms with Crippen molar-refractivity contribution in [2.45, 2.75) is 13.8 Å². The summed E-state index contributed by atoms with van der Waals surface area (Å²) in [6.07, 6.45) is 0. The fraction of sp³-hybridized carbons (Fsp3) is 0.154. The van der Waals surface area contributed by atoms with Crippen molar-refractivity contribution >= 4 is 28.4 Å². The van der Waals surface area contributed by atoms with Gasteiger partial charge in [0, 0.05) is 5.39 Å². The maximum atomic E-state index is 10.5. The number of aromatic nitrogens is 1. The van der Waals surface area contributed by atoms with Gasteiger partial charge in [-0.15, -0.1) is 0 Å². The minimum Gasteiger partial charge on any atom is -0.543 e. The molecule has 6 heteroatoms. The molecule has 0 aliphatic heterocycles. The van der Waals surface area contributed by atoms with Gasteiger partial charge in [0.05, 0.1) is 17.2 Å². The molecule has 0 unspecified atom stereocenters. The van der Waals surface area contributed by atoms with Crippen LogP contribution in [0.1, 0.15) is 12.5 Å². The summed E-state index contributed by atoms with van der Waals surface area (Å²) < 4.78 is 0. The van der Waals surface area contributed by atoms with E-state index in [4.69, 9.17) is 0 Å². The van der Waals surface area contributed by atoms with Crippen molar-refractivity contribution in [1.29, 1.82) is 0 Å². The normalized spacial score (nSPS) is 10.9. The molecular weight excluding hydrogens is 269 g/mol. The van der Waals surface area contributed by atoms with Gasteiger partial charge < -0.3 is 9.90 Å². The molecule has 1 N–H and O–H groups in total. The van der Waals surface area contributed by atoms with Crippen LogP contribution < -0.4 is 61.9 Å². The molecular formula is C13H12KN3O2. The van der Waals surface area contributed by atoms with Crippen LogP contribution in [0.3, 0.4) is 0 Å². The Labute approximate surface area is 153 Å². The van der Waals surface area contributed by atoms with Crippen LogP contribution in [0.4, 0.5) is 5.82 Å². The van der Waals surface area contributed by atoms with Crippen LogP contribution in [0, 0.1) is 6.92 Å². The maximum absolute atomic E-state index is 10.5. The van der Waals surface area contributed by atoms with E-state index in [0.29, 0.717) is 5.82 Å². The van der Waals surface area contributed by atoms with E-state index in [1.54, 1.807) is 0 Å². The van der Waals surface area contributed by atoms with Crippen LogP contribution in [-0.4, -0.2) is 16.7 Å². The second-order valence-corrected chi connectivity index (χ2v) is 3.94. The van der Waals surface area contributed by atoms with Crippen molar-refractivity contribution in [1.82, 2.24) is 4.98 Å². The third kappa shape index (κ3) is 4.09. The zero-order valence-corrected chi connectivity index (χ0v) is 14.2. The smallest absolute Gasteiger partial charge is 0.543 e. The van der Waals surface area contributed by atoms with Gasteiger partial charge in [-0.2, -0.15) is 5.10 Å². The summed E-state index contributed by atoms with van der Waals surface area (Å²) in [7, 11) is 0. The number of carboxylic acids is 1. The number of hydrazone groups is 1. The molecule has 2 aromatic rings. The summed E-state index contributed by atoms with van der Waals surface area (Å²) in [5.41, 5.74) is 4.37. The van der Waals surface area contributed by atoms with Crippen LogP contribution in [0.5, 0.6) is 0 Å². The molecule has 5 nitrogen and oxygen atoms in total. The predicted molar refractivity (Wildman–Crippen MR) is 68.2 cm³/mol. The molecule has 0 saturated heterocycles. The van der Waals surface area contributed by atoms with E-state index in [1.165, 1.54) is 6.92 Å². The maximum Gasteiger partial charge on any atom is 1.00 e. The van der Waals surface area contributed by atoms with Crippen molar-refractivity contribution in [2.24, 2.45) is 5.10 Å². The van der Waals surface area contributed by atoms with Gasteiger partial charge in [0.15, 0.2) is 0 Å². The molecule has 0 saturated carbocycles. The van der Waals surface area contributed by atoms with Gasteiger partial charge in [0.2, 0.25) is 0 Å². The fourth-order valence-electron chi connectivity index (χ4n) is 1.59. The molecule has 0 atom stereocenters. The molecule has 0 spiro atoms. The van der Waals surface area contributed by atoms with Crippen molar-refractivity contribution in [3.63, 3.8) is 0 Å². The Morgan fingerprint density at radius 1 is 1.37 bits per heavy atom. The van der Waals surface area contributed by atoms with E-state index in [0.717, 1.165) is 16.5 Å². The third-order valence-electron chi connectivity index (χ3n) is 2.56. The number of nitrogens with zero attached hydrogens (tertiary/aromatic N) is 2. The van der Waals surface area contributed by atoms with Gasteiger partial charge in [-0.05, 0) is 31.5 Å². The monoisotopic (exact) mass is 281 g/mol. The van der Waals surface area contributed by atoms with Gasteiger partial charge in [-0.1, -0.05) is 18.2 Å². The fourth-order valence-corrected chi connectivity index (χ4v) is 1.59. The Balaban J connectivity index is 0.00000180. The molecule has 2 rings (SSSR count). The second kappa shape index (κ2) is 7.11. The minimum atomic E-state index is -1.31. The zero-order valence-electron chi connectivity index (χ0n) is 11.1. The summed E-state index contributed by atoms with van der Waals surface area (Å²) in [5, 5.41) is 15.2. The first kappa shape index (κ1) is 16.3. The van der Waals surface area contributed by atoms with Crippen LogP contribution in [0.15, 0.2) is 35.4 Å². The molecule has 1 aromatic carbocycles. The number of anilines is 1. The summed E-state index contributed by atoms with van der Waals surface area (Å²) in [4.78, 5) is 14.8. The van der Waals surface area contributed by atoms with Gasteiger partial charge in [0.1, 0.15) is 5.82 Å². The number of benzene rings is 1. The van der Waals surface area contributed by atoms with Gasteiger partial charge in [-0.25, -0.2) is 4.98 Å². The van der Waals surface area contributed by atoms with Crippen molar-refractivity contribution < 1.29 is 61.3 Å². The first-order valence-electron chi connectivity index (χ1n) is 5.46. The second-order valence-electron chi connectivity index (χ2n) is 3.94. The molecule has 0 fully saturated rings. The quantitative estimate of drug-likeness (QED) is 0.404. The average molecular weight is 281 g/mol. The first-order chi connectivity index (χ1) is 8.58. The summed E-state index contributed by atoms with van der Waals surface area (Å²) in [6.45, 7) is 3.32. The summed E-state index contributed by atoms with van der Waals surface area (Å²) >= 11 is 0. The van der Waals surface area contributed by atoms with E-state index in [-0.39, 0.29) is 57.1 Å². The van der Waals surface area contributed by atoms with Crippen molar-refractivity contribution in [3.05, 3.63) is 35.9 Å². The SMILES string of the molecule is C/C(=N\Nc1cc(C)c2ccccc2n1)C(=O)[O-].[K+]. The molecule has 1 aromatic heterocycles. The molecule has 0 bridgehead atoms. The van der Waals surface area contributed by atoms with E-state index in [2.05, 4.69) is 15.5 Å². The zero-order chi connectivity index (χ0) is 13.1. The molecule has 1 heterocycles. The number of hydrogen-bond donors (Lipinski definition) is 1. The van der Waals surface area contributed by atoms with Crippen LogP contribution in [0.25, 0.3) is 10.9 Å². The first-order valence-corrected chi connectivity index (χ1v) is 5.46. The summed E-state index contributed by atoms with van der Waals surface area (Å²) in [6, 6.07) is 9.53. The molecule has 0 radical (unpaired) electrons. The van der Waals surface area contributed by atoms with Crippen LogP contribution in [-0.2, 0) is 4.79 Å². The standard InChI is InChI=1S/C13H13N3O2.K/c1-8-7-12(16-15-9(2)13(17)18)14-11-6-4-3-5-10(8)11;/h3-7H,1-2H3,(H,14,16)(H,17,18);/q;+1/p-1/b15-9+;. The number of nitrogens with one attached hydrogen (secondary N) is 1. The molecule has 92 valence electrons. The molecule has 0 amide bonds. The van der Waals surface area contributed by atoms with E-state index < -0.39 is 5.97 Å². The number of fused-ring (bicyclic) bond motifs is 1. The van der Waals surface area contributed by atoms with E-state index >= 15 is 0 Å². The number of pyridine rings is 1. The number of rotatable bonds is 3. The van der Waals surface area contributed by atoms with Crippen molar-refractivity contribution in [2.75, 3.05) is 5.43 Å². The number of para-hydroxylation sites is 1. The molecule has 0 aliphatic rings. The Bertz CT molecular complexity index is 641. The average Bonchev–Trinajstić information content (AvgIpc) is 2.36. The van der Waals surface area contributed by atoms with Gasteiger partial charge in [-0.3, -0.25) is 5.43 Å². The number of carboxylic acid groups (broad SMARTS) is 1. The van der Waals surface area contributed by atoms with Gasteiger partial charge >= 0.3 is 51.4 Å². The number of carbonyl (C=O) groups excluding carboxylic acids is 1. The van der Waals surface area contributed by atoms with Gasteiger partial charge in [0.25, 0.3) is 0 Å². The van der Waals surface area contributed by atoms with Crippen molar-refractivity contribution in [3.8, 4) is 0 Å². The predicted octanol–water partition coefficient (Wildman–Crippen LogP) is -1.92. The third-order valence-corrected chi connectivity index (χ3v) is 2.56. The van der Waals surface area contributed by atoms with E-state index in [9.17, 15) is 9.90 Å². The minimum absolute atomic E-state index is 0. The number of aryl methyl sites for hydroxylation is 1. The molecule has 0 aliphatic carbocycles. The Kier molecular flexibility index (Phi) is 6.09. The number of hydrogen-bond acceptors (Lipinski definition) is 5. The molecule has 19 heavy (non-hydrogen) atoms. The van der Waals surface area contributed by atoms with Crippen LogP contribution in [0.2, 0.25) is 0 Å². The number of aliphatic carboxylic acids is 1. The largest absolute Gasteiger partial charge is 1.00 e.